The van der Waals surface area contributed by atoms with Gasteiger partial charge >= 0.3 is 0 Å². The number of benzene rings is 1. The Morgan fingerprint density at radius 1 is 1.35 bits per heavy atom. The normalized spacial score (nSPS) is 10.4. The van der Waals surface area contributed by atoms with E-state index in [9.17, 15) is 5.11 Å². The molecule has 0 spiro atoms. The number of hydrogen-bond acceptors (Lipinski definition) is 5. The molecule has 0 amide bonds. The Bertz CT molecular complexity index is 484. The SMILES string of the molecule is OCCn1cc(CNc2cccc(O)c2)nn1. The number of phenolic OH excluding ortho intramolecular Hbond substituents is 1. The molecule has 0 atom stereocenters. The van der Waals surface area contributed by atoms with Crippen molar-refractivity contribution >= 4 is 5.69 Å². The van der Waals surface area contributed by atoms with E-state index in [2.05, 4.69) is 15.6 Å². The van der Waals surface area contributed by atoms with Crippen molar-refractivity contribution in [1.29, 1.82) is 0 Å². The standard InChI is InChI=1S/C11H14N4O2/c16-5-4-15-8-10(13-14-15)7-12-9-2-1-3-11(17)6-9/h1-3,6,8,12,16-17H,4-5,7H2. The van der Waals surface area contributed by atoms with Gasteiger partial charge in [-0.05, 0) is 12.1 Å². The highest BCUT2D eigenvalue weighted by molar-refractivity contribution is 5.47. The maximum atomic E-state index is 9.28. The van der Waals surface area contributed by atoms with Gasteiger partial charge in [-0.1, -0.05) is 11.3 Å². The third-order valence-corrected chi connectivity index (χ3v) is 2.23. The van der Waals surface area contributed by atoms with E-state index in [-0.39, 0.29) is 12.4 Å². The monoisotopic (exact) mass is 234 g/mol. The molecule has 0 fully saturated rings. The quantitative estimate of drug-likeness (QED) is 0.705. The van der Waals surface area contributed by atoms with Gasteiger partial charge in [-0.3, -0.25) is 0 Å². The average molecular weight is 234 g/mol. The number of aliphatic hydroxyl groups is 1. The van der Waals surface area contributed by atoms with Crippen LogP contribution in [0.5, 0.6) is 5.75 Å². The zero-order chi connectivity index (χ0) is 12.1. The lowest BCUT2D eigenvalue weighted by Crippen LogP contribution is -2.02. The smallest absolute Gasteiger partial charge is 0.117 e. The molecule has 1 aromatic carbocycles. The van der Waals surface area contributed by atoms with Crippen LogP contribution in [0.2, 0.25) is 0 Å². The summed E-state index contributed by atoms with van der Waals surface area (Å²) in [5.74, 6) is 0.221. The molecule has 0 aliphatic heterocycles. The predicted octanol–water partition coefficient (Wildman–Crippen LogP) is 0.588. The molecule has 17 heavy (non-hydrogen) atoms. The molecule has 2 rings (SSSR count). The number of nitrogens with zero attached hydrogens (tertiary/aromatic N) is 3. The second kappa shape index (κ2) is 5.31. The Balaban J connectivity index is 1.93. The maximum absolute atomic E-state index is 9.28. The highest BCUT2D eigenvalue weighted by atomic mass is 16.3. The van der Waals surface area contributed by atoms with Crippen LogP contribution in [0.1, 0.15) is 5.69 Å². The summed E-state index contributed by atoms with van der Waals surface area (Å²) in [6.07, 6.45) is 1.77. The summed E-state index contributed by atoms with van der Waals surface area (Å²) in [6.45, 7) is 1.01. The van der Waals surface area contributed by atoms with Crippen LogP contribution >= 0.6 is 0 Å². The number of aromatic hydroxyl groups is 1. The van der Waals surface area contributed by atoms with E-state index < -0.39 is 0 Å². The lowest BCUT2D eigenvalue weighted by atomic mass is 10.3. The molecule has 0 unspecified atom stereocenters. The van der Waals surface area contributed by atoms with Crippen LogP contribution in [0, 0.1) is 0 Å². The molecule has 90 valence electrons. The van der Waals surface area contributed by atoms with Gasteiger partial charge in [-0.15, -0.1) is 5.10 Å². The van der Waals surface area contributed by atoms with Gasteiger partial charge in [-0.25, -0.2) is 4.68 Å². The summed E-state index contributed by atoms with van der Waals surface area (Å²) in [6, 6.07) is 6.87. The van der Waals surface area contributed by atoms with Gasteiger partial charge in [0.1, 0.15) is 11.4 Å². The molecular weight excluding hydrogens is 220 g/mol. The predicted molar refractivity (Wildman–Crippen MR) is 62.5 cm³/mol. The maximum Gasteiger partial charge on any atom is 0.117 e. The highest BCUT2D eigenvalue weighted by Gasteiger charge is 2.00. The summed E-state index contributed by atoms with van der Waals surface area (Å²) in [7, 11) is 0. The van der Waals surface area contributed by atoms with E-state index in [1.165, 1.54) is 0 Å². The Morgan fingerprint density at radius 3 is 3.00 bits per heavy atom. The first kappa shape index (κ1) is 11.4. The van der Waals surface area contributed by atoms with Crippen molar-refractivity contribution in [3.63, 3.8) is 0 Å². The fraction of sp³-hybridized carbons (Fsp3) is 0.273. The van der Waals surface area contributed by atoms with Gasteiger partial charge in [0.25, 0.3) is 0 Å². The molecule has 1 heterocycles. The van der Waals surface area contributed by atoms with Gasteiger partial charge in [0.2, 0.25) is 0 Å². The third-order valence-electron chi connectivity index (χ3n) is 2.23. The summed E-state index contributed by atoms with van der Waals surface area (Å²) in [5.41, 5.74) is 1.60. The number of aliphatic hydroxyl groups excluding tert-OH is 1. The van der Waals surface area contributed by atoms with Crippen molar-refractivity contribution in [2.75, 3.05) is 11.9 Å². The molecule has 0 bridgehead atoms. The number of anilines is 1. The molecule has 0 saturated carbocycles. The topological polar surface area (TPSA) is 83.2 Å². The van der Waals surface area contributed by atoms with Crippen molar-refractivity contribution in [2.24, 2.45) is 0 Å². The molecule has 6 nitrogen and oxygen atoms in total. The van der Waals surface area contributed by atoms with Gasteiger partial charge in [0.05, 0.1) is 25.9 Å². The number of phenols is 1. The molecule has 6 heteroatoms. The lowest BCUT2D eigenvalue weighted by Gasteiger charge is -2.03. The molecule has 3 N–H and O–H groups in total. The van der Waals surface area contributed by atoms with Crippen LogP contribution in [0.15, 0.2) is 30.5 Å². The average Bonchev–Trinajstić information content (AvgIpc) is 2.75. The van der Waals surface area contributed by atoms with E-state index in [4.69, 9.17) is 5.11 Å². The number of nitrogens with one attached hydrogen (secondary N) is 1. The Morgan fingerprint density at radius 2 is 2.24 bits per heavy atom. The molecule has 1 aromatic heterocycles. The van der Waals surface area contributed by atoms with Gasteiger partial charge in [0, 0.05) is 11.8 Å². The number of rotatable bonds is 5. The summed E-state index contributed by atoms with van der Waals surface area (Å²) in [5, 5.41) is 28.9. The van der Waals surface area contributed by atoms with Crippen molar-refractivity contribution in [3.8, 4) is 5.75 Å². The van der Waals surface area contributed by atoms with E-state index in [1.54, 1.807) is 29.1 Å². The number of hydrogen-bond donors (Lipinski definition) is 3. The van der Waals surface area contributed by atoms with E-state index in [1.807, 2.05) is 6.07 Å². The zero-order valence-electron chi connectivity index (χ0n) is 9.24. The van der Waals surface area contributed by atoms with E-state index in [0.29, 0.717) is 13.1 Å². The summed E-state index contributed by atoms with van der Waals surface area (Å²) in [4.78, 5) is 0. The van der Waals surface area contributed by atoms with Crippen molar-refractivity contribution in [1.82, 2.24) is 15.0 Å². The summed E-state index contributed by atoms with van der Waals surface area (Å²) >= 11 is 0. The molecule has 0 aliphatic carbocycles. The van der Waals surface area contributed by atoms with Gasteiger partial charge in [-0.2, -0.15) is 0 Å². The minimum Gasteiger partial charge on any atom is -0.508 e. The lowest BCUT2D eigenvalue weighted by molar-refractivity contribution is 0.268. The van der Waals surface area contributed by atoms with Crippen LogP contribution in [-0.2, 0) is 13.1 Å². The highest BCUT2D eigenvalue weighted by Crippen LogP contribution is 2.15. The van der Waals surface area contributed by atoms with E-state index >= 15 is 0 Å². The largest absolute Gasteiger partial charge is 0.508 e. The second-order valence-electron chi connectivity index (χ2n) is 3.60. The van der Waals surface area contributed by atoms with Crippen molar-refractivity contribution in [2.45, 2.75) is 13.1 Å². The van der Waals surface area contributed by atoms with Crippen LogP contribution in [0.4, 0.5) is 5.69 Å². The first-order valence-corrected chi connectivity index (χ1v) is 5.31. The van der Waals surface area contributed by atoms with Crippen molar-refractivity contribution in [3.05, 3.63) is 36.2 Å². The fourth-order valence-electron chi connectivity index (χ4n) is 1.44. The summed E-state index contributed by atoms with van der Waals surface area (Å²) < 4.78 is 1.58. The number of aromatic nitrogens is 3. The molecule has 0 aliphatic rings. The van der Waals surface area contributed by atoms with Crippen LogP contribution in [0.3, 0.4) is 0 Å². The van der Waals surface area contributed by atoms with Crippen LogP contribution in [0.25, 0.3) is 0 Å². The fourth-order valence-corrected chi connectivity index (χ4v) is 1.44. The first-order valence-electron chi connectivity index (χ1n) is 5.31. The zero-order valence-corrected chi connectivity index (χ0v) is 9.24. The minimum atomic E-state index is 0.0444. The second-order valence-corrected chi connectivity index (χ2v) is 3.60. The molecule has 0 saturated heterocycles. The first-order chi connectivity index (χ1) is 8.28. The van der Waals surface area contributed by atoms with Crippen LogP contribution < -0.4 is 5.32 Å². The molecule has 2 aromatic rings. The third kappa shape index (κ3) is 3.18. The van der Waals surface area contributed by atoms with Gasteiger partial charge in [0.15, 0.2) is 0 Å². The molecule has 0 radical (unpaired) electrons. The Hall–Kier alpha value is -2.08. The minimum absolute atomic E-state index is 0.0444. The van der Waals surface area contributed by atoms with Gasteiger partial charge < -0.3 is 15.5 Å². The Kier molecular flexibility index (Phi) is 3.56. The van der Waals surface area contributed by atoms with E-state index in [0.717, 1.165) is 11.4 Å². The Labute approximate surface area is 98.5 Å². The molecular formula is C11H14N4O2. The van der Waals surface area contributed by atoms with Crippen molar-refractivity contribution < 1.29 is 10.2 Å². The van der Waals surface area contributed by atoms with Crippen LogP contribution in [-0.4, -0.2) is 31.8 Å².